The quantitative estimate of drug-likeness (QED) is 0.438. The van der Waals surface area contributed by atoms with Crippen molar-refractivity contribution in [3.05, 3.63) is 58.9 Å². The lowest BCUT2D eigenvalue weighted by molar-refractivity contribution is 0.0392. The molecule has 170 valence electrons. The number of rotatable bonds is 3. The van der Waals surface area contributed by atoms with Crippen LogP contribution in [0.15, 0.2) is 24.5 Å². The summed E-state index contributed by atoms with van der Waals surface area (Å²) in [7, 11) is 1.82. The van der Waals surface area contributed by atoms with Gasteiger partial charge in [0.1, 0.15) is 23.1 Å². The fourth-order valence-electron chi connectivity index (χ4n) is 3.77. The Morgan fingerprint density at radius 1 is 0.970 bits per heavy atom. The van der Waals surface area contributed by atoms with Crippen molar-refractivity contribution in [3.8, 4) is 11.3 Å². The van der Waals surface area contributed by atoms with Crippen LogP contribution in [0.2, 0.25) is 0 Å². The predicted octanol–water partition coefficient (Wildman–Crippen LogP) is 3.43. The van der Waals surface area contributed by atoms with Gasteiger partial charge >= 0.3 is 0 Å². The maximum absolute atomic E-state index is 14.7. The molecule has 1 aromatic carbocycles. The smallest absolute Gasteiger partial charge is 0.228 e. The number of aromatic nitrogens is 6. The topological polar surface area (TPSA) is 81.9 Å². The number of hydrogen-bond donors (Lipinski definition) is 0. The van der Waals surface area contributed by atoms with E-state index in [0.29, 0.717) is 37.2 Å². The number of halogens is 3. The second kappa shape index (κ2) is 8.07. The van der Waals surface area contributed by atoms with Gasteiger partial charge in [-0.1, -0.05) is 0 Å². The summed E-state index contributed by atoms with van der Waals surface area (Å²) in [5.74, 6) is -3.13. The summed E-state index contributed by atoms with van der Waals surface area (Å²) < 4.78 is 49.9. The Morgan fingerprint density at radius 3 is 2.48 bits per heavy atom. The van der Waals surface area contributed by atoms with Crippen molar-refractivity contribution < 1.29 is 17.9 Å². The summed E-state index contributed by atoms with van der Waals surface area (Å²) in [6.07, 6.45) is 3.34. The van der Waals surface area contributed by atoms with Gasteiger partial charge in [-0.2, -0.15) is 10.1 Å². The third-order valence-electron chi connectivity index (χ3n) is 5.64. The van der Waals surface area contributed by atoms with Crippen molar-refractivity contribution in [2.24, 2.45) is 7.05 Å². The van der Waals surface area contributed by atoms with E-state index in [1.54, 1.807) is 24.7 Å². The van der Waals surface area contributed by atoms with Crippen LogP contribution in [0.3, 0.4) is 0 Å². The Kier molecular flexibility index (Phi) is 5.20. The summed E-state index contributed by atoms with van der Waals surface area (Å²) in [4.78, 5) is 20.0. The number of aryl methyl sites for hydroxylation is 3. The molecule has 1 aliphatic rings. The minimum atomic E-state index is -1.28. The van der Waals surface area contributed by atoms with Crippen LogP contribution >= 0.6 is 0 Å². The highest BCUT2D eigenvalue weighted by molar-refractivity contribution is 5.88. The van der Waals surface area contributed by atoms with E-state index in [9.17, 15) is 13.2 Å². The van der Waals surface area contributed by atoms with Crippen molar-refractivity contribution in [3.63, 3.8) is 0 Å². The standard InChI is InChI=1S/C22H20F3N7O/c1-11-12(2)28-21-20(27-11)19(14-6-16(24)17(25)7-15(14)23)29-22(30-21)32-4-5-33-18(10-32)13-8-26-31(3)9-13/h6-9,18H,4-5,10H2,1-3H3/t18-/m1/s1. The molecule has 8 nitrogen and oxygen atoms in total. The van der Waals surface area contributed by atoms with Gasteiger partial charge in [-0.25, -0.2) is 28.1 Å². The van der Waals surface area contributed by atoms with Crippen molar-refractivity contribution >= 4 is 17.1 Å². The lowest BCUT2D eigenvalue weighted by Crippen LogP contribution is -2.39. The first-order valence-corrected chi connectivity index (χ1v) is 10.3. The largest absolute Gasteiger partial charge is 0.370 e. The van der Waals surface area contributed by atoms with Gasteiger partial charge in [-0.3, -0.25) is 4.68 Å². The Hall–Kier alpha value is -3.60. The number of ether oxygens (including phenoxy) is 1. The summed E-state index contributed by atoms with van der Waals surface area (Å²) in [5.41, 5.74) is 2.45. The first-order chi connectivity index (χ1) is 15.8. The fourth-order valence-corrected chi connectivity index (χ4v) is 3.77. The molecule has 0 amide bonds. The number of morpholine rings is 1. The van der Waals surface area contributed by atoms with E-state index in [1.165, 1.54) is 0 Å². The van der Waals surface area contributed by atoms with Gasteiger partial charge in [-0.15, -0.1) is 0 Å². The van der Waals surface area contributed by atoms with E-state index >= 15 is 0 Å². The van der Waals surface area contributed by atoms with Gasteiger partial charge < -0.3 is 9.64 Å². The Bertz CT molecular complexity index is 1370. The van der Waals surface area contributed by atoms with Crippen molar-refractivity contribution in [2.75, 3.05) is 24.6 Å². The molecule has 0 aliphatic carbocycles. The molecule has 3 aromatic heterocycles. The van der Waals surface area contributed by atoms with E-state index in [2.05, 4.69) is 25.0 Å². The number of nitrogens with zero attached hydrogens (tertiary/aromatic N) is 7. The summed E-state index contributed by atoms with van der Waals surface area (Å²) in [5, 5.41) is 4.19. The molecular weight excluding hydrogens is 435 g/mol. The normalized spacial score (nSPS) is 16.5. The van der Waals surface area contributed by atoms with Crippen LogP contribution in [0.4, 0.5) is 19.1 Å². The zero-order chi connectivity index (χ0) is 23.3. The van der Waals surface area contributed by atoms with Crippen LogP contribution in [0.5, 0.6) is 0 Å². The number of benzene rings is 1. The van der Waals surface area contributed by atoms with E-state index in [0.717, 1.165) is 11.6 Å². The summed E-state index contributed by atoms with van der Waals surface area (Å²) >= 11 is 0. The molecule has 0 unspecified atom stereocenters. The molecule has 0 spiro atoms. The van der Waals surface area contributed by atoms with Crippen LogP contribution in [-0.4, -0.2) is 49.4 Å². The van der Waals surface area contributed by atoms with Crippen LogP contribution in [0.1, 0.15) is 23.1 Å². The molecule has 1 saturated heterocycles. The van der Waals surface area contributed by atoms with Crippen LogP contribution < -0.4 is 4.90 Å². The Labute approximate surface area is 187 Å². The molecule has 1 atom stereocenters. The SMILES string of the molecule is Cc1nc2nc(N3CCO[C@@H](c4cnn(C)c4)C3)nc(-c3cc(F)c(F)cc3F)c2nc1C. The number of anilines is 1. The lowest BCUT2D eigenvalue weighted by atomic mass is 10.1. The van der Waals surface area contributed by atoms with E-state index in [1.807, 2.05) is 18.1 Å². The molecular formula is C22H20F3N7O. The van der Waals surface area contributed by atoms with Gasteiger partial charge in [0.05, 0.1) is 30.7 Å². The average Bonchev–Trinajstić information content (AvgIpc) is 3.23. The van der Waals surface area contributed by atoms with Gasteiger partial charge in [-0.05, 0) is 19.9 Å². The van der Waals surface area contributed by atoms with Crippen molar-refractivity contribution in [1.29, 1.82) is 0 Å². The molecule has 0 N–H and O–H groups in total. The molecule has 4 aromatic rings. The molecule has 0 saturated carbocycles. The average molecular weight is 455 g/mol. The highest BCUT2D eigenvalue weighted by Gasteiger charge is 2.27. The van der Waals surface area contributed by atoms with Gasteiger partial charge in [0.15, 0.2) is 17.3 Å². The lowest BCUT2D eigenvalue weighted by Gasteiger charge is -2.32. The Morgan fingerprint density at radius 2 is 1.73 bits per heavy atom. The van der Waals surface area contributed by atoms with Crippen LogP contribution in [0.25, 0.3) is 22.4 Å². The minimum absolute atomic E-state index is 0.0476. The maximum Gasteiger partial charge on any atom is 0.228 e. The molecule has 33 heavy (non-hydrogen) atoms. The summed E-state index contributed by atoms with van der Waals surface area (Å²) in [6, 6.07) is 1.28. The highest BCUT2D eigenvalue weighted by atomic mass is 19.2. The molecule has 1 aliphatic heterocycles. The van der Waals surface area contributed by atoms with E-state index in [4.69, 9.17) is 4.74 Å². The zero-order valence-electron chi connectivity index (χ0n) is 18.2. The summed E-state index contributed by atoms with van der Waals surface area (Å²) in [6.45, 7) is 4.86. The van der Waals surface area contributed by atoms with Gasteiger partial charge in [0, 0.05) is 37.0 Å². The van der Waals surface area contributed by atoms with Crippen LogP contribution in [0, 0.1) is 31.3 Å². The maximum atomic E-state index is 14.7. The number of fused-ring (bicyclic) bond motifs is 1. The van der Waals surface area contributed by atoms with Crippen LogP contribution in [-0.2, 0) is 11.8 Å². The fraction of sp³-hybridized carbons (Fsp3) is 0.318. The second-order valence-electron chi connectivity index (χ2n) is 7.94. The molecule has 11 heteroatoms. The zero-order valence-corrected chi connectivity index (χ0v) is 18.2. The first kappa shape index (κ1) is 21.3. The van der Waals surface area contributed by atoms with E-state index < -0.39 is 17.5 Å². The van der Waals surface area contributed by atoms with Gasteiger partial charge in [0.2, 0.25) is 5.95 Å². The third-order valence-corrected chi connectivity index (χ3v) is 5.64. The predicted molar refractivity (Wildman–Crippen MR) is 114 cm³/mol. The molecule has 0 bridgehead atoms. The molecule has 5 rings (SSSR count). The second-order valence-corrected chi connectivity index (χ2v) is 7.94. The molecule has 0 radical (unpaired) electrons. The van der Waals surface area contributed by atoms with Crippen molar-refractivity contribution in [1.82, 2.24) is 29.7 Å². The van der Waals surface area contributed by atoms with Crippen molar-refractivity contribution in [2.45, 2.75) is 20.0 Å². The molecule has 4 heterocycles. The minimum Gasteiger partial charge on any atom is -0.370 e. The first-order valence-electron chi connectivity index (χ1n) is 10.3. The third kappa shape index (κ3) is 3.88. The van der Waals surface area contributed by atoms with Gasteiger partial charge in [0.25, 0.3) is 0 Å². The van der Waals surface area contributed by atoms with E-state index in [-0.39, 0.29) is 34.5 Å². The monoisotopic (exact) mass is 455 g/mol. The highest BCUT2D eigenvalue weighted by Crippen LogP contribution is 2.32. The number of hydrogen-bond acceptors (Lipinski definition) is 7. The molecule has 1 fully saturated rings. The Balaban J connectivity index is 1.64.